The fraction of sp³-hybridized carbons (Fsp3) is 0.263. The number of rotatable bonds is 4. The number of hydrogen-bond donors (Lipinski definition) is 1. The van der Waals surface area contributed by atoms with Gasteiger partial charge in [-0.25, -0.2) is 0 Å². The molecule has 3 heteroatoms. The molecule has 0 aliphatic carbocycles. The highest BCUT2D eigenvalue weighted by Crippen LogP contribution is 2.39. The Kier molecular flexibility index (Phi) is 3.80. The van der Waals surface area contributed by atoms with Crippen LogP contribution >= 0.6 is 0 Å². The van der Waals surface area contributed by atoms with E-state index in [1.165, 1.54) is 5.56 Å². The van der Waals surface area contributed by atoms with Crippen molar-refractivity contribution in [2.45, 2.75) is 25.9 Å². The molecule has 0 fully saturated rings. The quantitative estimate of drug-likeness (QED) is 0.912. The fourth-order valence-corrected chi connectivity index (χ4v) is 2.53. The van der Waals surface area contributed by atoms with Crippen LogP contribution in [0.5, 0.6) is 5.75 Å². The van der Waals surface area contributed by atoms with Crippen molar-refractivity contribution >= 4 is 5.76 Å². The standard InChI is InChI=1S/C19H20O3/c1-19(2)18(20)17(15-10-6-7-11-16(15)22-19)21-13-12-14-8-4-3-5-9-14/h3-11,20H,12-13H2,1-2H3. The molecule has 1 heterocycles. The molecule has 0 aromatic heterocycles. The van der Waals surface area contributed by atoms with Gasteiger partial charge >= 0.3 is 0 Å². The summed E-state index contributed by atoms with van der Waals surface area (Å²) in [7, 11) is 0. The average Bonchev–Trinajstić information content (AvgIpc) is 2.52. The zero-order valence-electron chi connectivity index (χ0n) is 12.9. The van der Waals surface area contributed by atoms with Crippen LogP contribution in [0.25, 0.3) is 5.76 Å². The van der Waals surface area contributed by atoms with Gasteiger partial charge in [0.15, 0.2) is 17.1 Å². The van der Waals surface area contributed by atoms with E-state index < -0.39 is 5.60 Å². The second-order valence-corrected chi connectivity index (χ2v) is 5.87. The van der Waals surface area contributed by atoms with E-state index in [2.05, 4.69) is 12.1 Å². The predicted octanol–water partition coefficient (Wildman–Crippen LogP) is 4.34. The summed E-state index contributed by atoms with van der Waals surface area (Å²) in [6.07, 6.45) is 0.793. The second kappa shape index (κ2) is 5.76. The van der Waals surface area contributed by atoms with Gasteiger partial charge in [-0.1, -0.05) is 42.5 Å². The topological polar surface area (TPSA) is 38.7 Å². The molecule has 1 aliphatic heterocycles. The van der Waals surface area contributed by atoms with Crippen LogP contribution in [0.4, 0.5) is 0 Å². The Hall–Kier alpha value is -2.42. The first kappa shape index (κ1) is 14.5. The van der Waals surface area contributed by atoms with Crippen molar-refractivity contribution in [3.05, 3.63) is 71.5 Å². The van der Waals surface area contributed by atoms with Gasteiger partial charge in [-0.15, -0.1) is 0 Å². The van der Waals surface area contributed by atoms with E-state index in [9.17, 15) is 5.11 Å². The summed E-state index contributed by atoms with van der Waals surface area (Å²) in [4.78, 5) is 0. The van der Waals surface area contributed by atoms with Gasteiger partial charge in [0, 0.05) is 6.42 Å². The number of fused-ring (bicyclic) bond motifs is 1. The maximum absolute atomic E-state index is 10.5. The van der Waals surface area contributed by atoms with E-state index in [0.29, 0.717) is 12.4 Å². The Morgan fingerprint density at radius 2 is 1.68 bits per heavy atom. The van der Waals surface area contributed by atoms with Crippen LogP contribution < -0.4 is 4.74 Å². The summed E-state index contributed by atoms with van der Waals surface area (Å²) in [6.45, 7) is 4.17. The summed E-state index contributed by atoms with van der Waals surface area (Å²) in [5.41, 5.74) is 1.23. The minimum absolute atomic E-state index is 0.138. The first-order chi connectivity index (χ1) is 10.6. The highest BCUT2D eigenvalue weighted by atomic mass is 16.5. The molecule has 0 saturated carbocycles. The summed E-state index contributed by atoms with van der Waals surface area (Å²) >= 11 is 0. The lowest BCUT2D eigenvalue weighted by Crippen LogP contribution is -2.35. The molecule has 0 atom stereocenters. The van der Waals surface area contributed by atoms with Crippen molar-refractivity contribution in [3.63, 3.8) is 0 Å². The molecule has 1 N–H and O–H groups in total. The van der Waals surface area contributed by atoms with E-state index in [1.807, 2.05) is 56.3 Å². The third-order valence-electron chi connectivity index (χ3n) is 3.76. The van der Waals surface area contributed by atoms with Crippen LogP contribution in [0, 0.1) is 0 Å². The summed E-state index contributed by atoms with van der Waals surface area (Å²) in [5.74, 6) is 1.39. The molecular formula is C19H20O3. The van der Waals surface area contributed by atoms with Crippen LogP contribution in [0.15, 0.2) is 60.4 Å². The van der Waals surface area contributed by atoms with E-state index in [0.717, 1.165) is 17.7 Å². The van der Waals surface area contributed by atoms with Gasteiger partial charge < -0.3 is 14.6 Å². The van der Waals surface area contributed by atoms with E-state index in [-0.39, 0.29) is 5.76 Å². The zero-order valence-corrected chi connectivity index (χ0v) is 12.9. The highest BCUT2D eigenvalue weighted by molar-refractivity contribution is 5.70. The Morgan fingerprint density at radius 3 is 2.45 bits per heavy atom. The normalized spacial score (nSPS) is 15.9. The average molecular weight is 296 g/mol. The number of benzene rings is 2. The molecule has 0 amide bonds. The van der Waals surface area contributed by atoms with Gasteiger partial charge in [0.25, 0.3) is 0 Å². The van der Waals surface area contributed by atoms with Crippen LogP contribution in [-0.4, -0.2) is 17.3 Å². The van der Waals surface area contributed by atoms with E-state index in [1.54, 1.807) is 0 Å². The number of aliphatic hydroxyl groups is 1. The lowest BCUT2D eigenvalue weighted by molar-refractivity contribution is 0.0807. The molecule has 114 valence electrons. The van der Waals surface area contributed by atoms with Crippen molar-refractivity contribution in [1.29, 1.82) is 0 Å². The van der Waals surface area contributed by atoms with Gasteiger partial charge in [0.1, 0.15) is 5.75 Å². The first-order valence-corrected chi connectivity index (χ1v) is 7.47. The highest BCUT2D eigenvalue weighted by Gasteiger charge is 2.36. The minimum Gasteiger partial charge on any atom is -0.505 e. The number of aliphatic hydroxyl groups excluding tert-OH is 1. The van der Waals surface area contributed by atoms with Crippen LogP contribution in [0.2, 0.25) is 0 Å². The number of ether oxygens (including phenoxy) is 2. The molecule has 0 saturated heterocycles. The van der Waals surface area contributed by atoms with Gasteiger partial charge in [0.05, 0.1) is 12.2 Å². The zero-order chi connectivity index (χ0) is 15.6. The maximum Gasteiger partial charge on any atom is 0.179 e. The molecule has 2 aromatic rings. The lowest BCUT2D eigenvalue weighted by atomic mass is 9.98. The van der Waals surface area contributed by atoms with Crippen LogP contribution in [-0.2, 0) is 11.2 Å². The molecule has 0 bridgehead atoms. The van der Waals surface area contributed by atoms with Crippen molar-refractivity contribution in [2.75, 3.05) is 6.61 Å². The second-order valence-electron chi connectivity index (χ2n) is 5.87. The summed E-state index contributed by atoms with van der Waals surface area (Å²) in [5, 5.41) is 10.5. The van der Waals surface area contributed by atoms with Gasteiger partial charge in [-0.05, 0) is 31.5 Å². The van der Waals surface area contributed by atoms with E-state index >= 15 is 0 Å². The van der Waals surface area contributed by atoms with Crippen molar-refractivity contribution < 1.29 is 14.6 Å². The number of hydrogen-bond acceptors (Lipinski definition) is 3. The third-order valence-corrected chi connectivity index (χ3v) is 3.76. The molecule has 1 aliphatic rings. The summed E-state index contributed by atoms with van der Waals surface area (Å²) < 4.78 is 11.7. The molecule has 2 aromatic carbocycles. The van der Waals surface area contributed by atoms with Gasteiger partial charge in [-0.2, -0.15) is 0 Å². The van der Waals surface area contributed by atoms with Gasteiger partial charge in [-0.3, -0.25) is 0 Å². The van der Waals surface area contributed by atoms with Crippen molar-refractivity contribution in [2.24, 2.45) is 0 Å². The predicted molar refractivity (Wildman–Crippen MR) is 86.8 cm³/mol. The molecular weight excluding hydrogens is 276 g/mol. The van der Waals surface area contributed by atoms with Crippen molar-refractivity contribution in [3.8, 4) is 5.75 Å². The van der Waals surface area contributed by atoms with Gasteiger partial charge in [0.2, 0.25) is 0 Å². The molecule has 0 unspecified atom stereocenters. The smallest absolute Gasteiger partial charge is 0.179 e. The molecule has 0 radical (unpaired) electrons. The Bertz CT molecular complexity index is 687. The molecule has 3 nitrogen and oxygen atoms in total. The Balaban J connectivity index is 1.81. The Labute approximate surface area is 130 Å². The minimum atomic E-state index is -0.781. The fourth-order valence-electron chi connectivity index (χ4n) is 2.53. The third kappa shape index (κ3) is 2.80. The first-order valence-electron chi connectivity index (χ1n) is 7.47. The molecule has 22 heavy (non-hydrogen) atoms. The van der Waals surface area contributed by atoms with E-state index in [4.69, 9.17) is 9.47 Å². The maximum atomic E-state index is 10.5. The molecule has 3 rings (SSSR count). The molecule has 0 spiro atoms. The van der Waals surface area contributed by atoms with Crippen molar-refractivity contribution in [1.82, 2.24) is 0 Å². The Morgan fingerprint density at radius 1 is 1.00 bits per heavy atom. The van der Waals surface area contributed by atoms with Crippen LogP contribution in [0.3, 0.4) is 0 Å². The number of para-hydroxylation sites is 1. The monoisotopic (exact) mass is 296 g/mol. The summed E-state index contributed by atoms with van der Waals surface area (Å²) in [6, 6.07) is 17.8. The largest absolute Gasteiger partial charge is 0.505 e. The van der Waals surface area contributed by atoms with Crippen LogP contribution in [0.1, 0.15) is 25.0 Å². The SMILES string of the molecule is CC1(C)Oc2ccccc2C(OCCc2ccccc2)=C1O. The lowest BCUT2D eigenvalue weighted by Gasteiger charge is -2.33.